The molecule has 0 fully saturated rings. The molecule has 0 aromatic carbocycles. The second-order valence-electron chi connectivity index (χ2n) is 18.6. The van der Waals surface area contributed by atoms with Gasteiger partial charge in [0.2, 0.25) is 0 Å². The van der Waals surface area contributed by atoms with Gasteiger partial charge in [0.15, 0.2) is 0 Å². The zero-order valence-electron chi connectivity index (χ0n) is 75.4. The van der Waals surface area contributed by atoms with Crippen molar-refractivity contribution < 1.29 is 0 Å². The van der Waals surface area contributed by atoms with Gasteiger partial charge in [-0.25, -0.2) is 0 Å². The Morgan fingerprint density at radius 1 is 0.0333 bits per heavy atom. The molecule has 0 spiro atoms. The lowest BCUT2D eigenvalue weighted by Gasteiger charge is -1.41. The molecule has 150 heavy (non-hydrogen) atoms. The molecule has 0 amide bonds. The predicted molar refractivity (Wildman–Crippen MR) is 531 cm³/mol. The number of rotatable bonds is 0. The maximum Gasteiger partial charge on any atom is 0 e. The molecule has 0 saturated heterocycles. The van der Waals surface area contributed by atoms with E-state index < -0.39 is 0 Å². The van der Waals surface area contributed by atoms with E-state index in [9.17, 15) is 0 Å². The summed E-state index contributed by atoms with van der Waals surface area (Å²) in [7, 11) is 0. The molecule has 0 unspecified atom stereocenters. The molecule has 0 aliphatic rings. The fourth-order valence-corrected chi connectivity index (χ4v) is 4.59. The molecule has 0 radical (unpaired) electrons. The highest BCUT2D eigenvalue weighted by Crippen LogP contribution is 1.71. The van der Waals surface area contributed by atoms with Crippen LogP contribution in [0, 0.1) is 0 Å². The van der Waals surface area contributed by atoms with Gasteiger partial charge < -0.3 is 0 Å². The van der Waals surface area contributed by atoms with Gasteiger partial charge in [0, 0.05) is 745 Å². The molecule has 0 heterocycles. The molecule has 0 aliphatic heterocycles. The summed E-state index contributed by atoms with van der Waals surface area (Å²) in [5.41, 5.74) is 369. The van der Waals surface area contributed by atoms with E-state index in [0.29, 0.717) is 0 Å². The van der Waals surface area contributed by atoms with Gasteiger partial charge in [-0.3, -0.25) is 0 Å². The van der Waals surface area contributed by atoms with Crippen molar-refractivity contribution in [2.24, 2.45) is 0 Å². The van der Waals surface area contributed by atoms with Crippen LogP contribution >= 0.6 is 0 Å². The Labute approximate surface area is 854 Å². The van der Waals surface area contributed by atoms with E-state index in [-0.39, 0.29) is 0 Å². The minimum absolute atomic E-state index is 2.37. The maximum absolute atomic E-state index is 3.32. The summed E-state index contributed by atoms with van der Waals surface area (Å²) >= 11 is 0. The maximum atomic E-state index is 3.32. The molecular weight excluding hydrogens is 1800 g/mol. The second-order valence-corrected chi connectivity index (χ2v) is 18.6. The van der Waals surface area contributed by atoms with Crippen molar-refractivity contribution in [1.29, 1.82) is 0 Å². The van der Waals surface area contributed by atoms with Crippen molar-refractivity contribution in [3.63, 3.8) is 0 Å². The van der Waals surface area contributed by atoms with Gasteiger partial charge in [-0.2, -0.15) is 0 Å². The lowest BCUT2D eigenvalue weighted by atomic mass is 10.6. The third kappa shape index (κ3) is 115. The average Bonchev–Trinajstić information content (AvgIpc) is 1.12. The quantitative estimate of drug-likeness (QED) is 0.212. The third-order valence-electron chi connectivity index (χ3n) is 9.24. The Morgan fingerprint density at radius 3 is 0.0733 bits per heavy atom. The highest BCUT2D eigenvalue weighted by Gasteiger charge is 1.56. The molecule has 0 atom stereocenters. The van der Waals surface area contributed by atoms with Crippen LogP contribution < -0.4 is 0 Å². The predicted octanol–water partition coefficient (Wildman–Crippen LogP) is 23.8. The molecule has 0 saturated carbocycles. The molecule has 0 N–H and O–H groups in total. The van der Waals surface area contributed by atoms with Gasteiger partial charge in [0.25, 0.3) is 0 Å². The smallest absolute Gasteiger partial charge is 0 e. The largest absolute Gasteiger partial charge is 0.0687 e. The molecule has 0 aromatic rings. The van der Waals surface area contributed by atoms with Crippen molar-refractivity contribution in [3.8, 4) is 0 Å². The number of hydrogen-bond donors (Lipinski definition) is 0. The van der Waals surface area contributed by atoms with Crippen LogP contribution in [0.15, 0.2) is 861 Å². The average molecular weight is 1810 g/mol. The highest BCUT2D eigenvalue weighted by molar-refractivity contribution is 5.07. The highest BCUT2D eigenvalue weighted by atomic mass is 13.6. The van der Waals surface area contributed by atoms with E-state index in [1.165, 1.54) is 0 Å². The summed E-state index contributed by atoms with van der Waals surface area (Å²) in [5, 5.41) is 0. The minimum atomic E-state index is 2.37. The van der Waals surface area contributed by atoms with Crippen LogP contribution in [-0.4, -0.2) is 0 Å². The van der Waals surface area contributed by atoms with E-state index in [1.54, 1.807) is 0 Å². The van der Waals surface area contributed by atoms with Crippen molar-refractivity contribution in [2.45, 2.75) is 0 Å². The van der Waals surface area contributed by atoms with Gasteiger partial charge in [-0.15, -0.1) is 0 Å². The lowest BCUT2D eigenvalue weighted by molar-refractivity contribution is 2.10. The molecule has 604 valence electrons. The van der Waals surface area contributed by atoms with Crippen LogP contribution in [0.1, 0.15) is 0 Å². The molecule has 0 rings (SSSR count). The second kappa shape index (κ2) is 116. The first kappa shape index (κ1) is 117. The molecule has 0 bridgehead atoms. The Hall–Kier alpha value is -32.8. The Morgan fingerprint density at radius 2 is 0.0533 bits per heavy atom. The van der Waals surface area contributed by atoms with Gasteiger partial charge in [-0.05, 0) is 105 Å². The van der Waals surface area contributed by atoms with Crippen LogP contribution in [-0.2, 0) is 0 Å². The van der Waals surface area contributed by atoms with Crippen LogP contribution in [0.3, 0.4) is 0 Å². The first-order valence-corrected chi connectivity index (χ1v) is 37.5. The summed E-state index contributed by atoms with van der Waals surface area (Å²) in [6, 6.07) is 0. The third-order valence-corrected chi connectivity index (χ3v) is 9.24. The van der Waals surface area contributed by atoms with Crippen molar-refractivity contribution in [1.82, 2.24) is 0 Å². The van der Waals surface area contributed by atoms with Crippen molar-refractivity contribution in [3.05, 3.63) is 861 Å². The lowest BCUT2D eigenvalue weighted by Crippen LogP contribution is -1.26. The fourth-order valence-electron chi connectivity index (χ4n) is 4.59. The van der Waals surface area contributed by atoms with Gasteiger partial charge in [0.05, 0.1) is 0 Å². The summed E-state index contributed by atoms with van der Waals surface area (Å²) in [5.74, 6) is 0. The van der Waals surface area contributed by atoms with Crippen LogP contribution in [0.2, 0.25) is 0 Å². The standard InChI is InChI=1S/C150H4/c1-3-5-7-9-11-13-15-17-19-21-23-25-27-29-31-33-35-37-39-41-43-45-47-49-51-53-55-57-59-61-63-65-67-69-71-73-75-77-79-81-83-85-87-89-91-93-95-97-99-101-103-105-107-109-111-113-115-117-119-121-123-125-127-129-131-133-135-137-139-141-143-145-147-149-150-148-146-144-142-140-138-136-134-132-130-128-126-124-122-120-118-116-114-112-110-108-106-104-102-100-98-96-94-92-90-88-86-84-82-80-78-76-74-72-70-68-66-64-62-60-58-56-54-52-50-48-46-44-42-40-38-36-34-32-30-28-26-24-22-20-18-16-14-12-10-8-6-4-2/h1-2H2. The van der Waals surface area contributed by atoms with E-state index in [0.717, 1.165) is 0 Å². The van der Waals surface area contributed by atoms with Crippen molar-refractivity contribution in [2.75, 3.05) is 0 Å². The molecule has 0 heteroatoms. The first-order chi connectivity index (χ1) is 74.9. The summed E-state index contributed by atoms with van der Waals surface area (Å²) in [4.78, 5) is 0. The Bertz CT molecular complexity index is 11000. The van der Waals surface area contributed by atoms with Gasteiger partial charge >= 0.3 is 0 Å². The molecule has 0 aromatic heterocycles. The first-order valence-electron chi connectivity index (χ1n) is 37.5. The van der Waals surface area contributed by atoms with Crippen LogP contribution in [0.4, 0.5) is 0 Å². The van der Waals surface area contributed by atoms with Crippen molar-refractivity contribution >= 4 is 0 Å². The molecule has 0 aliphatic carbocycles. The number of hydrogen-bond acceptors (Lipinski definition) is 0. The topological polar surface area (TPSA) is 0 Å². The van der Waals surface area contributed by atoms with E-state index in [4.69, 9.17) is 0 Å². The SMILES string of the molecule is C=C=C=C=C=C=C=C=C=C=C=C=C=C=C=C=C=C=C=C=C=C=C=C=C=C=C=C=C=C=C=C=C=C=C=C=C=C=C=C=C=C=C=C=C=C=C=C=C=C=C=C=C=C=C=C=C=C=C=C=C=C=C=C=C=C=C=C=C=C=C=C=C=C=C=C=C=C=C=C=C=C=C=C=C=C=C=C=C=C=C=C=C=C=C=C=C=C=C=C=C=C=C=C=C=C=C=C=C=C=C=C=C=C=C=C=C=C=C=C=C=C=C=C=C=C=C=C=C=C=C=C=C=C=C=C=C=C=C=C=C=C=C=C=C=C=C=C=C=C. The van der Waals surface area contributed by atoms with Gasteiger partial charge in [0.1, 0.15) is 0 Å². The summed E-state index contributed by atoms with van der Waals surface area (Å²) in [6.45, 7) is 6.64. The van der Waals surface area contributed by atoms with Crippen LogP contribution in [0.25, 0.3) is 0 Å². The minimum Gasteiger partial charge on any atom is -0.0687 e. The monoisotopic (exact) mass is 1800 g/mol. The zero-order chi connectivity index (χ0) is 107. The Kier molecular flexibility index (Phi) is 90.8. The Balaban J connectivity index is 6.21. The molecular formula is C150H4. The normalized spacial score (nSPS) is 3.97. The summed E-state index contributed by atoms with van der Waals surface area (Å²) in [6.07, 6.45) is 0. The van der Waals surface area contributed by atoms with E-state index in [1.807, 2.05) is 0 Å². The fraction of sp³-hybridized carbons (Fsp3) is 0. The molecule has 0 nitrogen and oxygen atoms in total. The van der Waals surface area contributed by atoms with E-state index >= 15 is 0 Å². The van der Waals surface area contributed by atoms with Crippen LogP contribution in [0.5, 0.6) is 0 Å². The summed E-state index contributed by atoms with van der Waals surface area (Å²) < 4.78 is 0. The zero-order valence-corrected chi connectivity index (χ0v) is 75.4. The van der Waals surface area contributed by atoms with E-state index in [2.05, 4.69) is 861 Å². The van der Waals surface area contributed by atoms with Gasteiger partial charge in [-0.1, -0.05) is 11.5 Å².